The van der Waals surface area contributed by atoms with Crippen LogP contribution in [-0.2, 0) is 19.0 Å². The number of unbranched alkanes of at least 4 members (excludes halogenated alkanes) is 17. The van der Waals surface area contributed by atoms with Crippen molar-refractivity contribution in [2.75, 3.05) is 26.4 Å². The van der Waals surface area contributed by atoms with Crippen LogP contribution in [0.3, 0.4) is 0 Å². The zero-order valence-corrected chi connectivity index (χ0v) is 23.0. The number of hydrogen-bond acceptors (Lipinski definition) is 4. The smallest absolute Gasteiger partial charge is 0.305 e. The highest BCUT2D eigenvalue weighted by Gasteiger charge is 2.26. The molecule has 0 radical (unpaired) electrons. The topological polar surface area (TPSA) is 44.8 Å². The van der Waals surface area contributed by atoms with E-state index in [1.807, 2.05) is 0 Å². The van der Waals surface area contributed by atoms with Gasteiger partial charge in [-0.1, -0.05) is 123 Å². The van der Waals surface area contributed by atoms with Gasteiger partial charge in [-0.05, 0) is 19.3 Å². The summed E-state index contributed by atoms with van der Waals surface area (Å²) in [6.45, 7) is 7.21. The second-order valence-corrected chi connectivity index (χ2v) is 10.6. The molecule has 202 valence electrons. The summed E-state index contributed by atoms with van der Waals surface area (Å²) in [6, 6.07) is 0. The summed E-state index contributed by atoms with van der Waals surface area (Å²) in [6.07, 6.45) is 27.0. The van der Waals surface area contributed by atoms with Crippen LogP contribution in [0.15, 0.2) is 0 Å². The van der Waals surface area contributed by atoms with Gasteiger partial charge in [-0.2, -0.15) is 0 Å². The first kappa shape index (κ1) is 31.4. The molecule has 1 fully saturated rings. The molecule has 1 heterocycles. The summed E-state index contributed by atoms with van der Waals surface area (Å²) >= 11 is 0. The van der Waals surface area contributed by atoms with E-state index in [4.69, 9.17) is 14.2 Å². The third-order valence-corrected chi connectivity index (χ3v) is 7.07. The Morgan fingerprint density at radius 2 is 1.18 bits per heavy atom. The second kappa shape index (κ2) is 24.1. The standard InChI is InChI=1S/C30H58O4/c1-3-5-7-8-9-10-11-12-13-14-15-16-17-18-19-21-23-32-25-28-24-29(33-26-28)27-34-30(31)22-20-6-4-2/h28-29H,3-27H2,1-2H3/t28-,29-/m0/s1. The molecular formula is C30H58O4. The fourth-order valence-corrected chi connectivity index (χ4v) is 4.79. The van der Waals surface area contributed by atoms with Crippen molar-refractivity contribution in [2.45, 2.75) is 155 Å². The van der Waals surface area contributed by atoms with Crippen molar-refractivity contribution in [1.29, 1.82) is 0 Å². The average Bonchev–Trinajstić information content (AvgIpc) is 3.30. The highest BCUT2D eigenvalue weighted by Crippen LogP contribution is 2.21. The van der Waals surface area contributed by atoms with E-state index >= 15 is 0 Å². The summed E-state index contributed by atoms with van der Waals surface area (Å²) < 4.78 is 17.0. The van der Waals surface area contributed by atoms with Crippen LogP contribution in [0, 0.1) is 5.92 Å². The van der Waals surface area contributed by atoms with Crippen LogP contribution in [0.5, 0.6) is 0 Å². The van der Waals surface area contributed by atoms with Gasteiger partial charge in [0.1, 0.15) is 6.61 Å². The summed E-state index contributed by atoms with van der Waals surface area (Å²) in [5.74, 6) is 0.366. The van der Waals surface area contributed by atoms with Crippen molar-refractivity contribution >= 4 is 5.97 Å². The number of ether oxygens (including phenoxy) is 3. The largest absolute Gasteiger partial charge is 0.463 e. The Labute approximate surface area is 212 Å². The fraction of sp³-hybridized carbons (Fsp3) is 0.967. The van der Waals surface area contributed by atoms with Gasteiger partial charge in [0, 0.05) is 18.9 Å². The third-order valence-electron chi connectivity index (χ3n) is 7.07. The maximum Gasteiger partial charge on any atom is 0.305 e. The van der Waals surface area contributed by atoms with E-state index in [2.05, 4.69) is 13.8 Å². The molecule has 0 aromatic heterocycles. The molecule has 4 nitrogen and oxygen atoms in total. The van der Waals surface area contributed by atoms with Crippen LogP contribution in [-0.4, -0.2) is 38.5 Å². The summed E-state index contributed by atoms with van der Waals surface area (Å²) in [5.41, 5.74) is 0. The lowest BCUT2D eigenvalue weighted by Gasteiger charge is -2.11. The minimum absolute atomic E-state index is 0.0549. The van der Waals surface area contributed by atoms with E-state index in [0.29, 0.717) is 18.9 Å². The molecule has 0 spiro atoms. The molecule has 1 rings (SSSR count). The molecule has 0 saturated carbocycles. The Hall–Kier alpha value is -0.610. The Kier molecular flexibility index (Phi) is 22.3. The molecule has 0 aliphatic carbocycles. The Balaban J connectivity index is 1.77. The predicted molar refractivity (Wildman–Crippen MR) is 143 cm³/mol. The van der Waals surface area contributed by atoms with Crippen LogP contribution in [0.2, 0.25) is 0 Å². The van der Waals surface area contributed by atoms with E-state index in [9.17, 15) is 4.79 Å². The van der Waals surface area contributed by atoms with Crippen molar-refractivity contribution < 1.29 is 19.0 Å². The molecular weight excluding hydrogens is 424 g/mol. The van der Waals surface area contributed by atoms with Gasteiger partial charge >= 0.3 is 5.97 Å². The molecule has 1 saturated heterocycles. The van der Waals surface area contributed by atoms with Gasteiger partial charge in [0.15, 0.2) is 0 Å². The summed E-state index contributed by atoms with van der Waals surface area (Å²) in [7, 11) is 0. The van der Waals surface area contributed by atoms with Gasteiger partial charge in [-0.3, -0.25) is 4.79 Å². The molecule has 0 N–H and O–H groups in total. The lowest BCUT2D eigenvalue weighted by Crippen LogP contribution is -2.18. The van der Waals surface area contributed by atoms with E-state index in [0.717, 1.165) is 45.5 Å². The lowest BCUT2D eigenvalue weighted by molar-refractivity contribution is -0.147. The second-order valence-electron chi connectivity index (χ2n) is 10.6. The van der Waals surface area contributed by atoms with Crippen molar-refractivity contribution in [2.24, 2.45) is 5.92 Å². The molecule has 0 unspecified atom stereocenters. The minimum Gasteiger partial charge on any atom is -0.463 e. The highest BCUT2D eigenvalue weighted by atomic mass is 16.6. The summed E-state index contributed by atoms with van der Waals surface area (Å²) in [4.78, 5) is 11.7. The molecule has 0 aromatic rings. The molecule has 4 heteroatoms. The molecule has 34 heavy (non-hydrogen) atoms. The SMILES string of the molecule is CCCCCCCCCCCCCCCCCCOC[C@H]1CO[C@H](COC(=O)CCCCC)C1. The first-order chi connectivity index (χ1) is 16.8. The van der Waals surface area contributed by atoms with Gasteiger partial charge < -0.3 is 14.2 Å². The van der Waals surface area contributed by atoms with Crippen molar-refractivity contribution in [3.8, 4) is 0 Å². The number of carbonyl (C=O) groups is 1. The number of hydrogen-bond donors (Lipinski definition) is 0. The maximum absolute atomic E-state index is 11.7. The molecule has 1 aliphatic rings. The van der Waals surface area contributed by atoms with E-state index in [1.54, 1.807) is 0 Å². The Morgan fingerprint density at radius 1 is 0.676 bits per heavy atom. The van der Waals surface area contributed by atoms with Crippen molar-refractivity contribution in [3.63, 3.8) is 0 Å². The third kappa shape index (κ3) is 19.7. The van der Waals surface area contributed by atoms with Crippen molar-refractivity contribution in [1.82, 2.24) is 0 Å². The van der Waals surface area contributed by atoms with Gasteiger partial charge in [0.05, 0.1) is 19.3 Å². The Bertz CT molecular complexity index is 440. The predicted octanol–water partition coefficient (Wildman–Crippen LogP) is 8.79. The average molecular weight is 483 g/mol. The van der Waals surface area contributed by atoms with E-state index < -0.39 is 0 Å². The van der Waals surface area contributed by atoms with Gasteiger partial charge in [-0.25, -0.2) is 0 Å². The maximum atomic E-state index is 11.7. The van der Waals surface area contributed by atoms with E-state index in [-0.39, 0.29) is 12.1 Å². The quantitative estimate of drug-likeness (QED) is 0.0963. The summed E-state index contributed by atoms with van der Waals surface area (Å²) in [5, 5.41) is 0. The molecule has 0 bridgehead atoms. The van der Waals surface area contributed by atoms with E-state index in [1.165, 1.54) is 103 Å². The first-order valence-electron chi connectivity index (χ1n) is 15.1. The molecule has 2 atom stereocenters. The number of carbonyl (C=O) groups excluding carboxylic acids is 1. The van der Waals surface area contributed by atoms with Crippen LogP contribution >= 0.6 is 0 Å². The lowest BCUT2D eigenvalue weighted by atomic mass is 10.0. The van der Waals surface area contributed by atoms with Crippen LogP contribution in [0.4, 0.5) is 0 Å². The highest BCUT2D eigenvalue weighted by molar-refractivity contribution is 5.69. The van der Waals surface area contributed by atoms with Crippen LogP contribution in [0.25, 0.3) is 0 Å². The normalized spacial score (nSPS) is 17.9. The minimum atomic E-state index is -0.0831. The zero-order valence-electron chi connectivity index (χ0n) is 23.0. The van der Waals surface area contributed by atoms with Crippen molar-refractivity contribution in [3.05, 3.63) is 0 Å². The van der Waals surface area contributed by atoms with Gasteiger partial charge in [-0.15, -0.1) is 0 Å². The number of rotatable bonds is 25. The molecule has 1 aliphatic heterocycles. The van der Waals surface area contributed by atoms with Crippen LogP contribution < -0.4 is 0 Å². The first-order valence-corrected chi connectivity index (χ1v) is 15.1. The molecule has 0 aromatic carbocycles. The number of esters is 1. The monoisotopic (exact) mass is 482 g/mol. The van der Waals surface area contributed by atoms with Gasteiger partial charge in [0.25, 0.3) is 0 Å². The Morgan fingerprint density at radius 3 is 1.74 bits per heavy atom. The van der Waals surface area contributed by atoms with Crippen LogP contribution in [0.1, 0.15) is 149 Å². The zero-order chi connectivity index (χ0) is 24.5. The van der Waals surface area contributed by atoms with Gasteiger partial charge in [0.2, 0.25) is 0 Å². The fourth-order valence-electron chi connectivity index (χ4n) is 4.79. The molecule has 0 amide bonds.